The monoisotopic (exact) mass is 254 g/mol. The van der Waals surface area contributed by atoms with Crippen LogP contribution < -0.4 is 0 Å². The standard InChI is InChI=1S/C13H15FO2S/c14-11-7-3-6-10(13(15)16)12(11)17-8-9-4-1-2-5-9/h3,6-7,9H,1-2,4-5,8H2,(H,15,16). The largest absolute Gasteiger partial charge is 0.478 e. The van der Waals surface area contributed by atoms with E-state index in [1.165, 1.54) is 55.6 Å². The summed E-state index contributed by atoms with van der Waals surface area (Å²) in [7, 11) is 0. The number of thioether (sulfide) groups is 1. The summed E-state index contributed by atoms with van der Waals surface area (Å²) >= 11 is 1.34. The Morgan fingerprint density at radius 2 is 2.12 bits per heavy atom. The van der Waals surface area contributed by atoms with Gasteiger partial charge >= 0.3 is 5.97 Å². The number of rotatable bonds is 4. The molecule has 1 N–H and O–H groups in total. The topological polar surface area (TPSA) is 37.3 Å². The summed E-state index contributed by atoms with van der Waals surface area (Å²) in [6.07, 6.45) is 4.86. The lowest BCUT2D eigenvalue weighted by Gasteiger charge is -2.10. The number of aromatic carboxylic acids is 1. The molecule has 1 aliphatic rings. The van der Waals surface area contributed by atoms with E-state index < -0.39 is 11.8 Å². The predicted octanol–water partition coefficient (Wildman–Crippen LogP) is 3.81. The van der Waals surface area contributed by atoms with Crippen molar-refractivity contribution in [2.45, 2.75) is 30.6 Å². The Morgan fingerprint density at radius 1 is 1.41 bits per heavy atom. The van der Waals surface area contributed by atoms with E-state index in [0.29, 0.717) is 5.92 Å². The summed E-state index contributed by atoms with van der Waals surface area (Å²) in [4.78, 5) is 11.3. The highest BCUT2D eigenvalue weighted by Crippen LogP contribution is 2.33. The first-order valence-corrected chi connectivity index (χ1v) is 6.81. The van der Waals surface area contributed by atoms with E-state index in [2.05, 4.69) is 0 Å². The molecular formula is C13H15FO2S. The average molecular weight is 254 g/mol. The highest BCUT2D eigenvalue weighted by Gasteiger charge is 2.19. The van der Waals surface area contributed by atoms with Gasteiger partial charge in [-0.1, -0.05) is 18.9 Å². The molecule has 1 aromatic rings. The third-order valence-electron chi connectivity index (χ3n) is 3.14. The summed E-state index contributed by atoms with van der Waals surface area (Å²) in [5, 5.41) is 9.00. The Bertz CT molecular complexity index is 414. The number of carboxylic acids is 1. The van der Waals surface area contributed by atoms with Crippen LogP contribution in [0.1, 0.15) is 36.0 Å². The molecule has 0 atom stereocenters. The van der Waals surface area contributed by atoms with Crippen LogP contribution in [0, 0.1) is 11.7 Å². The van der Waals surface area contributed by atoms with Crippen LogP contribution in [-0.4, -0.2) is 16.8 Å². The van der Waals surface area contributed by atoms with Gasteiger partial charge in [0.25, 0.3) is 0 Å². The lowest BCUT2D eigenvalue weighted by atomic mass is 10.1. The van der Waals surface area contributed by atoms with E-state index in [-0.39, 0.29) is 10.5 Å². The van der Waals surface area contributed by atoms with Crippen LogP contribution >= 0.6 is 11.8 Å². The van der Waals surface area contributed by atoms with Crippen molar-refractivity contribution < 1.29 is 14.3 Å². The maximum absolute atomic E-state index is 13.6. The van der Waals surface area contributed by atoms with Crippen LogP contribution in [0.15, 0.2) is 23.1 Å². The van der Waals surface area contributed by atoms with Crippen LogP contribution in [0.3, 0.4) is 0 Å². The van der Waals surface area contributed by atoms with Gasteiger partial charge in [0.2, 0.25) is 0 Å². The smallest absolute Gasteiger partial charge is 0.336 e. The normalized spacial score (nSPS) is 16.3. The van der Waals surface area contributed by atoms with Gasteiger partial charge in [-0.2, -0.15) is 0 Å². The summed E-state index contributed by atoms with van der Waals surface area (Å²) in [5.41, 5.74) is 0.0768. The van der Waals surface area contributed by atoms with Crippen molar-refractivity contribution in [1.29, 1.82) is 0 Å². The molecule has 0 bridgehead atoms. The van der Waals surface area contributed by atoms with E-state index in [4.69, 9.17) is 5.11 Å². The molecule has 0 radical (unpaired) electrons. The van der Waals surface area contributed by atoms with Gasteiger partial charge in [-0.25, -0.2) is 9.18 Å². The minimum absolute atomic E-state index is 0.0768. The molecule has 0 spiro atoms. The molecule has 17 heavy (non-hydrogen) atoms. The van der Waals surface area contributed by atoms with Gasteiger partial charge in [0.1, 0.15) is 5.82 Å². The van der Waals surface area contributed by atoms with Crippen molar-refractivity contribution in [2.24, 2.45) is 5.92 Å². The second kappa shape index (κ2) is 5.54. The Labute approximate surface area is 104 Å². The molecular weight excluding hydrogens is 239 g/mol. The molecule has 0 saturated heterocycles. The SMILES string of the molecule is O=C(O)c1cccc(F)c1SCC1CCCC1. The van der Waals surface area contributed by atoms with Crippen LogP contribution in [0.2, 0.25) is 0 Å². The molecule has 1 saturated carbocycles. The Hall–Kier alpha value is -1.03. The highest BCUT2D eigenvalue weighted by atomic mass is 32.2. The van der Waals surface area contributed by atoms with Crippen molar-refractivity contribution in [3.8, 4) is 0 Å². The Morgan fingerprint density at radius 3 is 2.76 bits per heavy atom. The van der Waals surface area contributed by atoms with Gasteiger partial charge in [0, 0.05) is 5.75 Å². The molecule has 0 aliphatic heterocycles. The maximum atomic E-state index is 13.6. The number of benzene rings is 1. The molecule has 0 aromatic heterocycles. The quantitative estimate of drug-likeness (QED) is 0.830. The zero-order valence-electron chi connectivity index (χ0n) is 9.49. The molecule has 0 unspecified atom stereocenters. The number of hydrogen-bond donors (Lipinski definition) is 1. The van der Waals surface area contributed by atoms with E-state index in [1.807, 2.05) is 0 Å². The van der Waals surface area contributed by atoms with E-state index in [9.17, 15) is 9.18 Å². The molecule has 0 amide bonds. The summed E-state index contributed by atoms with van der Waals surface area (Å²) in [5.74, 6) is -0.0473. The van der Waals surface area contributed by atoms with Crippen LogP contribution in [0.5, 0.6) is 0 Å². The molecule has 1 aliphatic carbocycles. The van der Waals surface area contributed by atoms with Gasteiger partial charge < -0.3 is 5.11 Å². The zero-order chi connectivity index (χ0) is 12.3. The first-order valence-electron chi connectivity index (χ1n) is 5.83. The van der Waals surface area contributed by atoms with Crippen molar-refractivity contribution in [3.05, 3.63) is 29.6 Å². The number of halogens is 1. The molecule has 2 rings (SSSR count). The van der Waals surface area contributed by atoms with Crippen LogP contribution in [0.4, 0.5) is 4.39 Å². The maximum Gasteiger partial charge on any atom is 0.336 e. The third-order valence-corrected chi connectivity index (χ3v) is 4.48. The fourth-order valence-corrected chi connectivity index (χ4v) is 3.45. The first kappa shape index (κ1) is 12.4. The minimum atomic E-state index is -1.06. The summed E-state index contributed by atoms with van der Waals surface area (Å²) < 4.78 is 13.6. The van der Waals surface area contributed by atoms with Gasteiger partial charge in [-0.3, -0.25) is 0 Å². The number of carbonyl (C=O) groups is 1. The molecule has 2 nitrogen and oxygen atoms in total. The van der Waals surface area contributed by atoms with E-state index in [0.717, 1.165) is 5.75 Å². The molecule has 0 heterocycles. The highest BCUT2D eigenvalue weighted by molar-refractivity contribution is 7.99. The minimum Gasteiger partial charge on any atom is -0.478 e. The average Bonchev–Trinajstić information content (AvgIpc) is 2.80. The third kappa shape index (κ3) is 3.00. The van der Waals surface area contributed by atoms with Gasteiger partial charge in [0.15, 0.2) is 0 Å². The van der Waals surface area contributed by atoms with Crippen LogP contribution in [-0.2, 0) is 0 Å². The molecule has 92 valence electrons. The predicted molar refractivity (Wildman–Crippen MR) is 66.0 cm³/mol. The fourth-order valence-electron chi connectivity index (χ4n) is 2.20. The van der Waals surface area contributed by atoms with Gasteiger partial charge in [-0.05, 0) is 30.9 Å². The lowest BCUT2D eigenvalue weighted by molar-refractivity contribution is 0.0692. The van der Waals surface area contributed by atoms with Crippen LogP contribution in [0.25, 0.3) is 0 Å². The van der Waals surface area contributed by atoms with Crippen molar-refractivity contribution in [2.75, 3.05) is 5.75 Å². The fraction of sp³-hybridized carbons (Fsp3) is 0.462. The molecule has 1 aromatic carbocycles. The molecule has 4 heteroatoms. The van der Waals surface area contributed by atoms with Crippen molar-refractivity contribution in [3.63, 3.8) is 0 Å². The molecule has 1 fully saturated rings. The first-order chi connectivity index (χ1) is 8.18. The summed E-state index contributed by atoms with van der Waals surface area (Å²) in [6.45, 7) is 0. The van der Waals surface area contributed by atoms with Gasteiger partial charge in [0.05, 0.1) is 10.5 Å². The Balaban J connectivity index is 2.10. The van der Waals surface area contributed by atoms with Crippen molar-refractivity contribution in [1.82, 2.24) is 0 Å². The lowest BCUT2D eigenvalue weighted by Crippen LogP contribution is -2.03. The van der Waals surface area contributed by atoms with Gasteiger partial charge in [-0.15, -0.1) is 11.8 Å². The number of hydrogen-bond acceptors (Lipinski definition) is 2. The second-order valence-corrected chi connectivity index (χ2v) is 5.41. The zero-order valence-corrected chi connectivity index (χ0v) is 10.3. The van der Waals surface area contributed by atoms with Crippen molar-refractivity contribution >= 4 is 17.7 Å². The Kier molecular flexibility index (Phi) is 4.05. The van der Waals surface area contributed by atoms with E-state index in [1.54, 1.807) is 0 Å². The summed E-state index contributed by atoms with van der Waals surface area (Å²) in [6, 6.07) is 4.23. The second-order valence-electron chi connectivity index (χ2n) is 4.38. The number of carboxylic acid groups (broad SMARTS) is 1. The van der Waals surface area contributed by atoms with E-state index >= 15 is 0 Å².